The fraction of sp³-hybridized carbons (Fsp3) is 0.786. The smallest absolute Gasteiger partial charge is 0.225 e. The van der Waals surface area contributed by atoms with Gasteiger partial charge in [0.05, 0.1) is 0 Å². The third-order valence-corrected chi connectivity index (χ3v) is 2.66. The quantitative estimate of drug-likeness (QED) is 0.360. The van der Waals surface area contributed by atoms with Crippen LogP contribution in [0.5, 0.6) is 0 Å². The summed E-state index contributed by atoms with van der Waals surface area (Å²) in [5.41, 5.74) is 0. The van der Waals surface area contributed by atoms with E-state index in [0.717, 1.165) is 6.42 Å². The Kier molecular flexibility index (Phi) is 12.9. The molecule has 0 amide bonds. The molecular weight excluding hydrogens is 184 g/mol. The van der Waals surface area contributed by atoms with Gasteiger partial charge in [0.1, 0.15) is 0 Å². The highest BCUT2D eigenvalue weighted by molar-refractivity contribution is 5.65. The highest BCUT2D eigenvalue weighted by Gasteiger charge is 1.90. The van der Waals surface area contributed by atoms with Gasteiger partial charge in [-0.3, -0.25) is 4.79 Å². The Hall–Kier alpha value is -0.590. The molecule has 0 rings (SSSR count). The minimum Gasteiger partial charge on any atom is -0.286 e. The Morgan fingerprint density at radius 1 is 0.867 bits per heavy atom. The Balaban J connectivity index is 2.92. The number of hydrogen-bond acceptors (Lipinski definition) is 1. The summed E-state index contributed by atoms with van der Waals surface area (Å²) in [7, 11) is 0. The van der Waals surface area contributed by atoms with Crippen molar-refractivity contribution < 1.29 is 4.79 Å². The van der Waals surface area contributed by atoms with Crippen LogP contribution in [0.2, 0.25) is 0 Å². The molecule has 0 saturated heterocycles. The van der Waals surface area contributed by atoms with Crippen LogP contribution in [0, 0.1) is 0 Å². The van der Waals surface area contributed by atoms with E-state index >= 15 is 0 Å². The molecule has 0 unspecified atom stereocenters. The topological polar surface area (TPSA) is 17.1 Å². The molecule has 1 nitrogen and oxygen atoms in total. The first-order valence-electron chi connectivity index (χ1n) is 6.44. The van der Waals surface area contributed by atoms with Gasteiger partial charge in [0.25, 0.3) is 0 Å². The molecule has 0 aromatic rings. The van der Waals surface area contributed by atoms with Crippen molar-refractivity contribution in [2.75, 3.05) is 0 Å². The first-order chi connectivity index (χ1) is 7.41. The van der Waals surface area contributed by atoms with Gasteiger partial charge in [-0.15, -0.1) is 0 Å². The lowest BCUT2D eigenvalue weighted by Gasteiger charge is -2.00. The molecule has 0 N–H and O–H groups in total. The van der Waals surface area contributed by atoms with Crippen molar-refractivity contribution in [1.29, 1.82) is 0 Å². The van der Waals surface area contributed by atoms with Gasteiger partial charge >= 0.3 is 0 Å². The predicted molar refractivity (Wildman–Crippen MR) is 66.7 cm³/mol. The van der Waals surface area contributed by atoms with E-state index in [1.54, 1.807) is 6.29 Å². The van der Waals surface area contributed by atoms with Crippen molar-refractivity contribution in [1.82, 2.24) is 0 Å². The van der Waals surface area contributed by atoms with Gasteiger partial charge < -0.3 is 0 Å². The molecule has 0 aliphatic rings. The van der Waals surface area contributed by atoms with Gasteiger partial charge in [-0.1, -0.05) is 64.4 Å². The Morgan fingerprint density at radius 2 is 1.40 bits per heavy atom. The highest BCUT2D eigenvalue weighted by Crippen LogP contribution is 2.10. The summed E-state index contributed by atoms with van der Waals surface area (Å²) in [6.07, 6.45) is 18.4. The lowest BCUT2D eigenvalue weighted by atomic mass is 10.1. The number of allylic oxidation sites excluding steroid dienone is 2. The summed E-state index contributed by atoms with van der Waals surface area (Å²) in [4.78, 5) is 9.85. The van der Waals surface area contributed by atoms with Crippen molar-refractivity contribution in [3.63, 3.8) is 0 Å². The van der Waals surface area contributed by atoms with E-state index in [0.29, 0.717) is 0 Å². The molecule has 0 aliphatic heterocycles. The minimum absolute atomic E-state index is 1.03. The molecule has 0 aromatic carbocycles. The highest BCUT2D eigenvalue weighted by atomic mass is 16.1. The van der Waals surface area contributed by atoms with Crippen molar-refractivity contribution >= 4 is 6.29 Å². The van der Waals surface area contributed by atoms with Crippen LogP contribution in [0.25, 0.3) is 0 Å². The maximum Gasteiger partial charge on any atom is 0.225 e. The molecule has 0 aromatic heterocycles. The average molecular weight is 209 g/mol. The fourth-order valence-electron chi connectivity index (χ4n) is 1.70. The van der Waals surface area contributed by atoms with Gasteiger partial charge in [-0.2, -0.15) is 0 Å². The average Bonchev–Trinajstić information content (AvgIpc) is 2.26. The standard InChI is InChI=1S/C14H25O/c1-2-3-4-5-6-7-8-9-10-11-12-13-14-15/h12-13H,2-11H2,1H3/b13-12+. The Labute approximate surface area is 95.0 Å². The SMILES string of the molecule is CCCCCCCCCCC/C=C/[C]=O. The first kappa shape index (κ1) is 14.4. The third kappa shape index (κ3) is 13.4. The molecule has 15 heavy (non-hydrogen) atoms. The summed E-state index contributed by atoms with van der Waals surface area (Å²) >= 11 is 0. The van der Waals surface area contributed by atoms with E-state index in [-0.39, 0.29) is 0 Å². The van der Waals surface area contributed by atoms with E-state index < -0.39 is 0 Å². The summed E-state index contributed by atoms with van der Waals surface area (Å²) in [5, 5.41) is 0. The number of carbonyl (C=O) groups excluding carboxylic acids is 1. The second kappa shape index (κ2) is 13.4. The van der Waals surface area contributed by atoms with E-state index in [1.165, 1.54) is 63.9 Å². The van der Waals surface area contributed by atoms with Crippen LogP contribution in [-0.4, -0.2) is 6.29 Å². The Bertz CT molecular complexity index is 149. The minimum atomic E-state index is 1.03. The lowest BCUT2D eigenvalue weighted by Crippen LogP contribution is -1.80. The number of rotatable bonds is 11. The first-order valence-corrected chi connectivity index (χ1v) is 6.44. The monoisotopic (exact) mass is 209 g/mol. The molecule has 0 bridgehead atoms. The van der Waals surface area contributed by atoms with Crippen LogP contribution >= 0.6 is 0 Å². The molecule has 0 aliphatic carbocycles. The molecule has 0 fully saturated rings. The molecule has 0 heterocycles. The van der Waals surface area contributed by atoms with Gasteiger partial charge in [0, 0.05) is 0 Å². The van der Waals surface area contributed by atoms with Crippen LogP contribution in [0.3, 0.4) is 0 Å². The molecule has 1 heteroatoms. The molecule has 0 spiro atoms. The van der Waals surface area contributed by atoms with Crippen LogP contribution in [0.15, 0.2) is 12.2 Å². The maximum atomic E-state index is 9.85. The molecule has 0 saturated carbocycles. The maximum absolute atomic E-state index is 9.85. The zero-order chi connectivity index (χ0) is 11.2. The van der Waals surface area contributed by atoms with Gasteiger partial charge in [0.15, 0.2) is 0 Å². The molecule has 1 radical (unpaired) electrons. The van der Waals surface area contributed by atoms with E-state index in [9.17, 15) is 4.79 Å². The number of hydrogen-bond donors (Lipinski definition) is 0. The van der Waals surface area contributed by atoms with Crippen LogP contribution in [0.4, 0.5) is 0 Å². The fourth-order valence-corrected chi connectivity index (χ4v) is 1.70. The lowest BCUT2D eigenvalue weighted by molar-refractivity contribution is 0.563. The number of unbranched alkanes of at least 4 members (excludes halogenated alkanes) is 9. The summed E-state index contributed by atoms with van der Waals surface area (Å²) in [6.45, 7) is 2.25. The molecular formula is C14H25O. The van der Waals surface area contributed by atoms with Crippen molar-refractivity contribution in [3.05, 3.63) is 12.2 Å². The van der Waals surface area contributed by atoms with E-state index in [4.69, 9.17) is 0 Å². The molecule has 0 atom stereocenters. The summed E-state index contributed by atoms with van der Waals surface area (Å²) in [6, 6.07) is 0. The zero-order valence-corrected chi connectivity index (χ0v) is 10.1. The van der Waals surface area contributed by atoms with E-state index in [2.05, 4.69) is 6.92 Å². The normalized spacial score (nSPS) is 11.0. The summed E-state index contributed by atoms with van der Waals surface area (Å²) in [5.74, 6) is 0. The van der Waals surface area contributed by atoms with Gasteiger partial charge in [-0.05, 0) is 18.9 Å². The van der Waals surface area contributed by atoms with E-state index in [1.807, 2.05) is 6.08 Å². The molecule has 87 valence electrons. The van der Waals surface area contributed by atoms with Gasteiger partial charge in [-0.25, -0.2) is 0 Å². The Morgan fingerprint density at radius 3 is 1.93 bits per heavy atom. The predicted octanol–water partition coefficient (Wildman–Crippen LogP) is 4.57. The second-order valence-corrected chi connectivity index (χ2v) is 4.14. The summed E-state index contributed by atoms with van der Waals surface area (Å²) < 4.78 is 0. The van der Waals surface area contributed by atoms with Gasteiger partial charge in [0.2, 0.25) is 6.29 Å². The van der Waals surface area contributed by atoms with Crippen LogP contribution < -0.4 is 0 Å². The van der Waals surface area contributed by atoms with Crippen molar-refractivity contribution in [3.8, 4) is 0 Å². The van der Waals surface area contributed by atoms with Crippen LogP contribution in [0.1, 0.15) is 71.1 Å². The van der Waals surface area contributed by atoms with Crippen molar-refractivity contribution in [2.45, 2.75) is 71.1 Å². The zero-order valence-electron chi connectivity index (χ0n) is 10.1. The second-order valence-electron chi connectivity index (χ2n) is 4.14. The largest absolute Gasteiger partial charge is 0.286 e. The van der Waals surface area contributed by atoms with Crippen LogP contribution in [-0.2, 0) is 4.79 Å². The third-order valence-electron chi connectivity index (χ3n) is 2.66. The van der Waals surface area contributed by atoms with Crippen molar-refractivity contribution in [2.24, 2.45) is 0 Å².